The van der Waals surface area contributed by atoms with Crippen LogP contribution < -0.4 is 5.32 Å². The summed E-state index contributed by atoms with van der Waals surface area (Å²) in [4.78, 5) is 0. The maximum absolute atomic E-state index is 12.7. The second-order valence-electron chi connectivity index (χ2n) is 3.74. The SMILES string of the molecule is Cc1cc(F)ccc1CNCC(F)(F)C(F)F. The van der Waals surface area contributed by atoms with Crippen molar-refractivity contribution in [3.8, 4) is 0 Å². The number of hydrogen-bond donors (Lipinski definition) is 1. The molecule has 0 aliphatic heterocycles. The molecule has 1 aromatic carbocycles. The molecule has 1 N–H and O–H groups in total. The number of aryl methyl sites for hydroxylation is 1. The van der Waals surface area contributed by atoms with Crippen LogP contribution in [0.1, 0.15) is 11.1 Å². The summed E-state index contributed by atoms with van der Waals surface area (Å²) in [5, 5.41) is 2.23. The normalized spacial score (nSPS) is 12.2. The lowest BCUT2D eigenvalue weighted by atomic mass is 10.1. The number of nitrogens with one attached hydrogen (secondary N) is 1. The average molecular weight is 253 g/mol. The van der Waals surface area contributed by atoms with Gasteiger partial charge in [-0.2, -0.15) is 8.78 Å². The number of hydrogen-bond acceptors (Lipinski definition) is 1. The van der Waals surface area contributed by atoms with Crippen molar-refractivity contribution in [1.29, 1.82) is 0 Å². The Bertz CT molecular complexity index is 378. The number of halogens is 5. The van der Waals surface area contributed by atoms with Gasteiger partial charge >= 0.3 is 12.3 Å². The molecule has 17 heavy (non-hydrogen) atoms. The monoisotopic (exact) mass is 253 g/mol. The van der Waals surface area contributed by atoms with Crippen LogP contribution in [0, 0.1) is 12.7 Å². The van der Waals surface area contributed by atoms with E-state index in [9.17, 15) is 22.0 Å². The van der Waals surface area contributed by atoms with E-state index in [4.69, 9.17) is 0 Å². The minimum absolute atomic E-state index is 0.00553. The smallest absolute Gasteiger partial charge is 0.307 e. The van der Waals surface area contributed by atoms with Crippen LogP contribution in [0.3, 0.4) is 0 Å². The van der Waals surface area contributed by atoms with Crippen molar-refractivity contribution in [2.75, 3.05) is 6.54 Å². The van der Waals surface area contributed by atoms with Crippen molar-refractivity contribution in [1.82, 2.24) is 5.32 Å². The molecule has 0 aromatic heterocycles. The zero-order valence-corrected chi connectivity index (χ0v) is 9.11. The van der Waals surface area contributed by atoms with Crippen LogP contribution in [0.2, 0.25) is 0 Å². The molecule has 0 bridgehead atoms. The van der Waals surface area contributed by atoms with Crippen molar-refractivity contribution in [3.63, 3.8) is 0 Å². The van der Waals surface area contributed by atoms with Crippen LogP contribution in [0.4, 0.5) is 22.0 Å². The van der Waals surface area contributed by atoms with Crippen molar-refractivity contribution < 1.29 is 22.0 Å². The third-order valence-corrected chi connectivity index (χ3v) is 2.30. The van der Waals surface area contributed by atoms with Gasteiger partial charge in [0.25, 0.3) is 0 Å². The summed E-state index contributed by atoms with van der Waals surface area (Å²) in [5.74, 6) is -4.47. The topological polar surface area (TPSA) is 12.0 Å². The van der Waals surface area contributed by atoms with Crippen LogP contribution in [-0.4, -0.2) is 18.9 Å². The van der Waals surface area contributed by atoms with Crippen LogP contribution >= 0.6 is 0 Å². The molecule has 0 fully saturated rings. The van der Waals surface area contributed by atoms with Gasteiger partial charge in [-0.1, -0.05) is 6.07 Å². The molecule has 0 amide bonds. The van der Waals surface area contributed by atoms with Crippen LogP contribution in [0.15, 0.2) is 18.2 Å². The molecular weight excluding hydrogens is 241 g/mol. The van der Waals surface area contributed by atoms with Gasteiger partial charge < -0.3 is 5.32 Å². The Hall–Kier alpha value is -1.17. The maximum Gasteiger partial charge on any atom is 0.319 e. The van der Waals surface area contributed by atoms with Gasteiger partial charge in [-0.15, -0.1) is 0 Å². The standard InChI is InChI=1S/C11H12F5N/c1-7-4-9(12)3-2-8(7)5-17-6-11(15,16)10(13)14/h2-4,10,17H,5-6H2,1H3. The summed E-state index contributed by atoms with van der Waals surface area (Å²) in [7, 11) is 0. The lowest BCUT2D eigenvalue weighted by Gasteiger charge is -2.16. The van der Waals surface area contributed by atoms with Crippen LogP contribution in [0.5, 0.6) is 0 Å². The quantitative estimate of drug-likeness (QED) is 0.795. The van der Waals surface area contributed by atoms with Crippen LogP contribution in [0.25, 0.3) is 0 Å². The second-order valence-corrected chi connectivity index (χ2v) is 3.74. The summed E-state index contributed by atoms with van der Waals surface area (Å²) in [6, 6.07) is 3.87. The highest BCUT2D eigenvalue weighted by atomic mass is 19.3. The van der Waals surface area contributed by atoms with E-state index in [-0.39, 0.29) is 6.54 Å². The minimum Gasteiger partial charge on any atom is -0.307 e. The van der Waals surface area contributed by atoms with Gasteiger partial charge in [0.15, 0.2) is 0 Å². The van der Waals surface area contributed by atoms with E-state index in [2.05, 4.69) is 5.32 Å². The third kappa shape index (κ3) is 3.96. The van der Waals surface area contributed by atoms with Gasteiger partial charge in [-0.25, -0.2) is 13.2 Å². The molecule has 0 radical (unpaired) electrons. The van der Waals surface area contributed by atoms with Gasteiger partial charge in [0.05, 0.1) is 6.54 Å². The Kier molecular flexibility index (Phi) is 4.45. The van der Waals surface area contributed by atoms with Crippen molar-refractivity contribution in [2.24, 2.45) is 0 Å². The molecule has 0 heterocycles. The van der Waals surface area contributed by atoms with E-state index in [1.807, 2.05) is 0 Å². The Labute approximate surface area is 95.6 Å². The Morgan fingerprint density at radius 3 is 2.47 bits per heavy atom. The molecule has 0 unspecified atom stereocenters. The molecule has 0 atom stereocenters. The molecule has 0 aliphatic rings. The van der Waals surface area contributed by atoms with Gasteiger partial charge in [-0.05, 0) is 30.2 Å². The van der Waals surface area contributed by atoms with Gasteiger partial charge in [0, 0.05) is 6.54 Å². The highest BCUT2D eigenvalue weighted by Crippen LogP contribution is 2.21. The fourth-order valence-electron chi connectivity index (χ4n) is 1.30. The Morgan fingerprint density at radius 2 is 1.94 bits per heavy atom. The highest BCUT2D eigenvalue weighted by Gasteiger charge is 2.39. The second kappa shape index (κ2) is 5.44. The molecule has 1 rings (SSSR count). The predicted octanol–water partition coefficient (Wildman–Crippen LogP) is 3.12. The van der Waals surface area contributed by atoms with Crippen molar-refractivity contribution in [2.45, 2.75) is 25.8 Å². The maximum atomic E-state index is 12.7. The fourth-order valence-corrected chi connectivity index (χ4v) is 1.30. The average Bonchev–Trinajstić information content (AvgIpc) is 2.21. The van der Waals surface area contributed by atoms with E-state index in [0.717, 1.165) is 0 Å². The summed E-state index contributed by atoms with van der Waals surface area (Å²) in [6.07, 6.45) is -3.69. The number of alkyl halides is 4. The summed E-state index contributed by atoms with van der Waals surface area (Å²) < 4.78 is 61.5. The molecule has 1 aromatic rings. The van der Waals surface area contributed by atoms with Crippen LogP contribution in [-0.2, 0) is 6.54 Å². The van der Waals surface area contributed by atoms with E-state index in [1.165, 1.54) is 18.2 Å². The molecule has 0 saturated carbocycles. The van der Waals surface area contributed by atoms with E-state index >= 15 is 0 Å². The minimum atomic E-state index is -4.05. The van der Waals surface area contributed by atoms with E-state index in [0.29, 0.717) is 11.1 Å². The number of rotatable bonds is 5. The highest BCUT2D eigenvalue weighted by molar-refractivity contribution is 5.26. The zero-order chi connectivity index (χ0) is 13.1. The summed E-state index contributed by atoms with van der Waals surface area (Å²) >= 11 is 0. The lowest BCUT2D eigenvalue weighted by molar-refractivity contribution is -0.125. The summed E-state index contributed by atoms with van der Waals surface area (Å²) in [5.41, 5.74) is 1.18. The van der Waals surface area contributed by atoms with E-state index < -0.39 is 24.7 Å². The van der Waals surface area contributed by atoms with Gasteiger partial charge in [0.2, 0.25) is 0 Å². The number of benzene rings is 1. The zero-order valence-electron chi connectivity index (χ0n) is 9.11. The third-order valence-electron chi connectivity index (χ3n) is 2.30. The predicted molar refractivity (Wildman–Crippen MR) is 53.8 cm³/mol. The molecule has 0 aliphatic carbocycles. The largest absolute Gasteiger partial charge is 0.319 e. The van der Waals surface area contributed by atoms with Gasteiger partial charge in [-0.3, -0.25) is 0 Å². The fraction of sp³-hybridized carbons (Fsp3) is 0.455. The van der Waals surface area contributed by atoms with Crippen molar-refractivity contribution >= 4 is 0 Å². The van der Waals surface area contributed by atoms with Crippen molar-refractivity contribution in [3.05, 3.63) is 35.1 Å². The molecule has 1 nitrogen and oxygen atoms in total. The first-order valence-corrected chi connectivity index (χ1v) is 4.94. The first kappa shape index (κ1) is 13.9. The molecular formula is C11H12F5N. The first-order chi connectivity index (χ1) is 7.83. The molecule has 0 spiro atoms. The molecule has 0 saturated heterocycles. The van der Waals surface area contributed by atoms with Gasteiger partial charge in [0.1, 0.15) is 5.82 Å². The first-order valence-electron chi connectivity index (χ1n) is 4.94. The Morgan fingerprint density at radius 1 is 1.29 bits per heavy atom. The van der Waals surface area contributed by atoms with E-state index in [1.54, 1.807) is 6.92 Å². The summed E-state index contributed by atoms with van der Waals surface area (Å²) in [6.45, 7) is 0.501. The Balaban J connectivity index is 2.51. The molecule has 6 heteroatoms. The lowest BCUT2D eigenvalue weighted by Crippen LogP contribution is -2.38. The molecule has 96 valence electrons.